The minimum absolute atomic E-state index is 0.155. The standard InChI is InChI=1S/C20H16FN3O3S/c21-16-10-4-3-9-15(16)19(26)22-20(28)24-23-18(25)12-27-17-11-5-7-13-6-1-2-8-14(13)17/h1-11H,12H2,(H,23,25)(H2,22,24,26,28). The highest BCUT2D eigenvalue weighted by molar-refractivity contribution is 7.80. The maximum atomic E-state index is 13.6. The van der Waals surface area contributed by atoms with Gasteiger partial charge in [0.1, 0.15) is 11.6 Å². The number of benzene rings is 3. The summed E-state index contributed by atoms with van der Waals surface area (Å²) in [6, 6.07) is 18.7. The van der Waals surface area contributed by atoms with Gasteiger partial charge in [-0.2, -0.15) is 0 Å². The van der Waals surface area contributed by atoms with Crippen LogP contribution >= 0.6 is 12.2 Å². The largest absolute Gasteiger partial charge is 0.483 e. The van der Waals surface area contributed by atoms with E-state index in [9.17, 15) is 14.0 Å². The summed E-state index contributed by atoms with van der Waals surface area (Å²) in [4.78, 5) is 23.9. The predicted octanol–water partition coefficient (Wildman–Crippen LogP) is 2.69. The SMILES string of the molecule is O=C(COc1cccc2ccccc12)NNC(=S)NC(=O)c1ccccc1F. The summed E-state index contributed by atoms with van der Waals surface area (Å²) in [5.41, 5.74) is 4.53. The van der Waals surface area contributed by atoms with Crippen molar-refractivity contribution in [1.82, 2.24) is 16.2 Å². The third kappa shape index (κ3) is 4.80. The molecule has 0 unspecified atom stereocenters. The number of fused-ring (bicyclic) bond motifs is 1. The third-order valence-electron chi connectivity index (χ3n) is 3.77. The highest BCUT2D eigenvalue weighted by Gasteiger charge is 2.12. The molecule has 6 nitrogen and oxygen atoms in total. The third-order valence-corrected chi connectivity index (χ3v) is 3.97. The molecule has 3 N–H and O–H groups in total. The molecular weight excluding hydrogens is 381 g/mol. The van der Waals surface area contributed by atoms with Crippen molar-refractivity contribution in [3.63, 3.8) is 0 Å². The van der Waals surface area contributed by atoms with Gasteiger partial charge in [0.05, 0.1) is 5.56 Å². The van der Waals surface area contributed by atoms with Gasteiger partial charge < -0.3 is 4.74 Å². The van der Waals surface area contributed by atoms with Gasteiger partial charge in [0.25, 0.3) is 11.8 Å². The van der Waals surface area contributed by atoms with Crippen LogP contribution in [-0.4, -0.2) is 23.5 Å². The van der Waals surface area contributed by atoms with E-state index in [0.717, 1.165) is 16.8 Å². The van der Waals surface area contributed by atoms with E-state index < -0.39 is 17.6 Å². The lowest BCUT2D eigenvalue weighted by Crippen LogP contribution is -2.49. The van der Waals surface area contributed by atoms with Gasteiger partial charge >= 0.3 is 0 Å². The number of rotatable bonds is 4. The summed E-state index contributed by atoms with van der Waals surface area (Å²) >= 11 is 4.91. The van der Waals surface area contributed by atoms with Crippen LogP contribution in [0.5, 0.6) is 5.75 Å². The minimum Gasteiger partial charge on any atom is -0.483 e. The van der Waals surface area contributed by atoms with Crippen molar-refractivity contribution in [3.8, 4) is 5.75 Å². The lowest BCUT2D eigenvalue weighted by atomic mass is 10.1. The fourth-order valence-electron chi connectivity index (χ4n) is 2.47. The summed E-state index contributed by atoms with van der Waals surface area (Å²) in [6.07, 6.45) is 0. The van der Waals surface area contributed by atoms with Crippen LogP contribution in [0, 0.1) is 5.82 Å². The van der Waals surface area contributed by atoms with Gasteiger partial charge in [-0.15, -0.1) is 0 Å². The molecule has 3 aromatic rings. The lowest BCUT2D eigenvalue weighted by Gasteiger charge is -2.12. The van der Waals surface area contributed by atoms with Crippen molar-refractivity contribution in [3.05, 3.63) is 78.1 Å². The number of halogens is 1. The molecule has 0 bridgehead atoms. The summed E-state index contributed by atoms with van der Waals surface area (Å²) in [7, 11) is 0. The molecule has 0 saturated heterocycles. The molecular formula is C20H16FN3O3S. The molecule has 8 heteroatoms. The molecule has 2 amide bonds. The van der Waals surface area contributed by atoms with Crippen LogP contribution in [0.4, 0.5) is 4.39 Å². The molecule has 0 fully saturated rings. The number of hydrazine groups is 1. The van der Waals surface area contributed by atoms with Crippen LogP contribution in [0.2, 0.25) is 0 Å². The highest BCUT2D eigenvalue weighted by Crippen LogP contribution is 2.24. The van der Waals surface area contributed by atoms with Gasteiger partial charge in [-0.3, -0.25) is 25.8 Å². The average Bonchev–Trinajstić information content (AvgIpc) is 2.71. The molecule has 0 aliphatic rings. The Morgan fingerprint density at radius 2 is 1.64 bits per heavy atom. The Kier molecular flexibility index (Phi) is 6.13. The van der Waals surface area contributed by atoms with Crippen molar-refractivity contribution in [2.75, 3.05) is 6.61 Å². The summed E-state index contributed by atoms with van der Waals surface area (Å²) in [5.74, 6) is -1.33. The summed E-state index contributed by atoms with van der Waals surface area (Å²) in [5, 5.41) is 3.99. The Balaban J connectivity index is 1.48. The van der Waals surface area contributed by atoms with E-state index >= 15 is 0 Å². The van der Waals surface area contributed by atoms with Crippen LogP contribution in [0.3, 0.4) is 0 Å². The minimum atomic E-state index is -0.725. The van der Waals surface area contributed by atoms with E-state index in [4.69, 9.17) is 17.0 Å². The summed E-state index contributed by atoms with van der Waals surface area (Å²) in [6.45, 7) is -0.259. The zero-order valence-electron chi connectivity index (χ0n) is 14.6. The number of thiocarbonyl (C=S) groups is 1. The molecule has 3 aromatic carbocycles. The Bertz CT molecular complexity index is 1040. The molecule has 0 saturated carbocycles. The molecule has 0 aliphatic heterocycles. The first-order chi connectivity index (χ1) is 13.5. The number of carbonyl (C=O) groups is 2. The molecule has 3 rings (SSSR count). The lowest BCUT2D eigenvalue weighted by molar-refractivity contribution is -0.123. The Morgan fingerprint density at radius 1 is 0.929 bits per heavy atom. The first-order valence-corrected chi connectivity index (χ1v) is 8.70. The quantitative estimate of drug-likeness (QED) is 0.466. The Morgan fingerprint density at radius 3 is 2.46 bits per heavy atom. The van der Waals surface area contributed by atoms with E-state index in [1.807, 2.05) is 36.4 Å². The molecule has 142 valence electrons. The van der Waals surface area contributed by atoms with Crippen molar-refractivity contribution in [1.29, 1.82) is 0 Å². The Hall–Kier alpha value is -3.52. The van der Waals surface area contributed by atoms with Crippen LogP contribution in [0.25, 0.3) is 10.8 Å². The molecule has 0 atom stereocenters. The average molecular weight is 397 g/mol. The van der Waals surface area contributed by atoms with E-state index in [1.165, 1.54) is 18.2 Å². The number of carbonyl (C=O) groups excluding carboxylic acids is 2. The fraction of sp³-hybridized carbons (Fsp3) is 0.0500. The van der Waals surface area contributed by atoms with Crippen molar-refractivity contribution in [2.24, 2.45) is 0 Å². The topological polar surface area (TPSA) is 79.5 Å². The van der Waals surface area contributed by atoms with Crippen molar-refractivity contribution < 1.29 is 18.7 Å². The van der Waals surface area contributed by atoms with Gasteiger partial charge in [0.2, 0.25) is 0 Å². The maximum absolute atomic E-state index is 13.6. The van der Waals surface area contributed by atoms with Gasteiger partial charge in [0, 0.05) is 5.39 Å². The van der Waals surface area contributed by atoms with Gasteiger partial charge in [0.15, 0.2) is 11.7 Å². The second-order valence-electron chi connectivity index (χ2n) is 5.70. The second kappa shape index (κ2) is 8.92. The zero-order valence-corrected chi connectivity index (χ0v) is 15.4. The zero-order chi connectivity index (χ0) is 19.9. The van der Waals surface area contributed by atoms with Crippen LogP contribution in [0.15, 0.2) is 66.7 Å². The number of hydrogen-bond donors (Lipinski definition) is 3. The number of nitrogens with one attached hydrogen (secondary N) is 3. The maximum Gasteiger partial charge on any atom is 0.276 e. The van der Waals surface area contributed by atoms with Crippen LogP contribution in [0.1, 0.15) is 10.4 Å². The fourth-order valence-corrected chi connectivity index (χ4v) is 2.62. The van der Waals surface area contributed by atoms with Crippen LogP contribution in [-0.2, 0) is 4.79 Å². The van der Waals surface area contributed by atoms with Gasteiger partial charge in [-0.05, 0) is 35.8 Å². The first-order valence-electron chi connectivity index (χ1n) is 8.30. The molecule has 28 heavy (non-hydrogen) atoms. The predicted molar refractivity (Wildman–Crippen MR) is 107 cm³/mol. The normalized spacial score (nSPS) is 10.2. The number of amides is 2. The monoisotopic (exact) mass is 397 g/mol. The first kappa shape index (κ1) is 19.2. The van der Waals surface area contributed by atoms with E-state index in [0.29, 0.717) is 5.75 Å². The van der Waals surface area contributed by atoms with Gasteiger partial charge in [-0.1, -0.05) is 48.5 Å². The Labute approximate surface area is 165 Å². The molecule has 0 aliphatic carbocycles. The van der Waals surface area contributed by atoms with E-state index in [-0.39, 0.29) is 17.3 Å². The number of hydrogen-bond acceptors (Lipinski definition) is 4. The van der Waals surface area contributed by atoms with Crippen LogP contribution < -0.4 is 20.9 Å². The molecule has 0 aromatic heterocycles. The van der Waals surface area contributed by atoms with E-state index in [2.05, 4.69) is 16.2 Å². The highest BCUT2D eigenvalue weighted by atomic mass is 32.1. The van der Waals surface area contributed by atoms with Crippen molar-refractivity contribution in [2.45, 2.75) is 0 Å². The summed E-state index contributed by atoms with van der Waals surface area (Å²) < 4.78 is 19.1. The molecule has 0 heterocycles. The number of ether oxygens (including phenoxy) is 1. The van der Waals surface area contributed by atoms with Crippen molar-refractivity contribution >= 4 is 39.9 Å². The van der Waals surface area contributed by atoms with Gasteiger partial charge in [-0.25, -0.2) is 4.39 Å². The second-order valence-corrected chi connectivity index (χ2v) is 6.11. The van der Waals surface area contributed by atoms with E-state index in [1.54, 1.807) is 6.07 Å². The smallest absolute Gasteiger partial charge is 0.276 e. The molecule has 0 spiro atoms. The molecule has 0 radical (unpaired) electrons.